The smallest absolute Gasteiger partial charge is 0.401 e. The molecule has 118 valence electrons. The summed E-state index contributed by atoms with van der Waals surface area (Å²) in [5.41, 5.74) is 6.86. The van der Waals surface area contributed by atoms with Crippen LogP contribution in [0.25, 0.3) is 0 Å². The van der Waals surface area contributed by atoms with Gasteiger partial charge in [0.2, 0.25) is 0 Å². The predicted molar refractivity (Wildman–Crippen MR) is 80.5 cm³/mol. The van der Waals surface area contributed by atoms with Crippen LogP contribution in [0.15, 0.2) is 18.2 Å². The Morgan fingerprint density at radius 3 is 2.52 bits per heavy atom. The summed E-state index contributed by atoms with van der Waals surface area (Å²) in [6.45, 7) is 1.47. The van der Waals surface area contributed by atoms with Crippen LogP contribution in [0.4, 0.5) is 13.2 Å². The lowest BCUT2D eigenvalue weighted by Crippen LogP contribution is -2.34. The van der Waals surface area contributed by atoms with E-state index in [1.807, 2.05) is 6.92 Å². The number of hydrogen-bond acceptors (Lipinski definition) is 3. The van der Waals surface area contributed by atoms with Gasteiger partial charge >= 0.3 is 6.18 Å². The number of rotatable bonds is 7. The van der Waals surface area contributed by atoms with Gasteiger partial charge in [-0.05, 0) is 30.7 Å². The van der Waals surface area contributed by atoms with Gasteiger partial charge in [-0.1, -0.05) is 25.2 Å². The number of thiocarbonyl (C=S) groups is 1. The van der Waals surface area contributed by atoms with E-state index < -0.39 is 12.7 Å². The molecular formula is C14H19F3N2OS. The summed E-state index contributed by atoms with van der Waals surface area (Å²) < 4.78 is 42.8. The monoisotopic (exact) mass is 320 g/mol. The van der Waals surface area contributed by atoms with Gasteiger partial charge in [0.05, 0.1) is 19.2 Å². The second-order valence-electron chi connectivity index (χ2n) is 4.72. The van der Waals surface area contributed by atoms with Crippen LogP contribution < -0.4 is 10.5 Å². The van der Waals surface area contributed by atoms with Crippen molar-refractivity contribution in [3.8, 4) is 5.75 Å². The SMILES string of the molecule is CCCN(Cc1ccc(OC)c(C(N)=S)c1)CC(F)(F)F. The van der Waals surface area contributed by atoms with Crippen LogP contribution in [0, 0.1) is 0 Å². The number of ether oxygens (including phenoxy) is 1. The first-order chi connectivity index (χ1) is 9.76. The minimum Gasteiger partial charge on any atom is -0.496 e. The molecule has 0 atom stereocenters. The molecule has 0 aromatic heterocycles. The highest BCUT2D eigenvalue weighted by Gasteiger charge is 2.30. The summed E-state index contributed by atoms with van der Waals surface area (Å²) in [5.74, 6) is 0.518. The quantitative estimate of drug-likeness (QED) is 0.784. The minimum absolute atomic E-state index is 0.159. The van der Waals surface area contributed by atoms with E-state index in [-0.39, 0.29) is 11.5 Å². The highest BCUT2D eigenvalue weighted by Crippen LogP contribution is 2.22. The first kappa shape index (κ1) is 17.7. The zero-order valence-electron chi connectivity index (χ0n) is 12.0. The minimum atomic E-state index is -4.21. The average Bonchev–Trinajstić information content (AvgIpc) is 2.37. The number of methoxy groups -OCH3 is 1. The van der Waals surface area contributed by atoms with Crippen LogP contribution in [0.5, 0.6) is 5.75 Å². The largest absolute Gasteiger partial charge is 0.496 e. The summed E-state index contributed by atoms with van der Waals surface area (Å²) in [6, 6.07) is 5.07. The predicted octanol–water partition coefficient (Wildman–Crippen LogP) is 3.10. The number of halogens is 3. The molecule has 0 fully saturated rings. The van der Waals surface area contributed by atoms with E-state index in [9.17, 15) is 13.2 Å². The van der Waals surface area contributed by atoms with E-state index in [1.54, 1.807) is 18.2 Å². The normalized spacial score (nSPS) is 11.7. The number of nitrogens with two attached hydrogens (primary N) is 1. The van der Waals surface area contributed by atoms with E-state index in [4.69, 9.17) is 22.7 Å². The van der Waals surface area contributed by atoms with Gasteiger partial charge in [-0.3, -0.25) is 4.90 Å². The van der Waals surface area contributed by atoms with E-state index in [1.165, 1.54) is 12.0 Å². The van der Waals surface area contributed by atoms with Crippen molar-refractivity contribution in [1.29, 1.82) is 0 Å². The fourth-order valence-corrected chi connectivity index (χ4v) is 2.25. The average molecular weight is 320 g/mol. The topological polar surface area (TPSA) is 38.5 Å². The van der Waals surface area contributed by atoms with Gasteiger partial charge in [0.1, 0.15) is 10.7 Å². The maximum absolute atomic E-state index is 12.6. The van der Waals surface area contributed by atoms with Gasteiger partial charge in [0.15, 0.2) is 0 Å². The highest BCUT2D eigenvalue weighted by molar-refractivity contribution is 7.80. The molecule has 7 heteroatoms. The molecule has 0 saturated heterocycles. The van der Waals surface area contributed by atoms with E-state index >= 15 is 0 Å². The molecule has 0 radical (unpaired) electrons. The first-order valence-corrected chi connectivity index (χ1v) is 6.93. The Labute approximate surface area is 127 Å². The Hall–Kier alpha value is -1.34. The molecule has 1 rings (SSSR count). The van der Waals surface area contributed by atoms with Gasteiger partial charge in [-0.15, -0.1) is 0 Å². The van der Waals surface area contributed by atoms with Crippen LogP contribution in [-0.2, 0) is 6.54 Å². The van der Waals surface area contributed by atoms with Crippen LogP contribution in [0.3, 0.4) is 0 Å². The summed E-state index contributed by atoms with van der Waals surface area (Å²) in [7, 11) is 1.49. The van der Waals surface area contributed by atoms with Crippen LogP contribution >= 0.6 is 12.2 Å². The molecule has 21 heavy (non-hydrogen) atoms. The molecule has 2 N–H and O–H groups in total. The van der Waals surface area contributed by atoms with Crippen LogP contribution in [-0.4, -0.2) is 36.3 Å². The molecule has 0 amide bonds. The zero-order valence-corrected chi connectivity index (χ0v) is 12.9. The highest BCUT2D eigenvalue weighted by atomic mass is 32.1. The van der Waals surface area contributed by atoms with Gasteiger partial charge in [-0.25, -0.2) is 0 Å². The number of alkyl halides is 3. The first-order valence-electron chi connectivity index (χ1n) is 6.52. The third-order valence-electron chi connectivity index (χ3n) is 2.88. The third kappa shape index (κ3) is 5.89. The van der Waals surface area contributed by atoms with E-state index in [0.717, 1.165) is 5.56 Å². The molecule has 0 aliphatic rings. The third-order valence-corrected chi connectivity index (χ3v) is 3.10. The van der Waals surface area contributed by atoms with Gasteiger partial charge in [0, 0.05) is 6.54 Å². The van der Waals surface area contributed by atoms with Crippen molar-refractivity contribution in [2.45, 2.75) is 26.1 Å². The summed E-state index contributed by atoms with van der Waals surface area (Å²) in [6.07, 6.45) is -3.57. The maximum atomic E-state index is 12.6. The maximum Gasteiger partial charge on any atom is 0.401 e. The van der Waals surface area contributed by atoms with Crippen molar-refractivity contribution in [1.82, 2.24) is 4.90 Å². The van der Waals surface area contributed by atoms with Crippen molar-refractivity contribution in [3.05, 3.63) is 29.3 Å². The fraction of sp³-hybridized carbons (Fsp3) is 0.500. The molecule has 0 unspecified atom stereocenters. The van der Waals surface area contributed by atoms with Crippen LogP contribution in [0.1, 0.15) is 24.5 Å². The lowest BCUT2D eigenvalue weighted by Gasteiger charge is -2.23. The van der Waals surface area contributed by atoms with Gasteiger partial charge in [0.25, 0.3) is 0 Å². The molecule has 1 aromatic carbocycles. The lowest BCUT2D eigenvalue weighted by atomic mass is 10.1. The molecule has 0 spiro atoms. The lowest BCUT2D eigenvalue weighted by molar-refractivity contribution is -0.147. The number of benzene rings is 1. The van der Waals surface area contributed by atoms with Gasteiger partial charge < -0.3 is 10.5 Å². The second kappa shape index (κ2) is 7.61. The van der Waals surface area contributed by atoms with Crippen molar-refractivity contribution in [2.75, 3.05) is 20.2 Å². The molecule has 0 bridgehead atoms. The van der Waals surface area contributed by atoms with Crippen molar-refractivity contribution < 1.29 is 17.9 Å². The Morgan fingerprint density at radius 1 is 1.38 bits per heavy atom. The number of nitrogens with zero attached hydrogens (tertiary/aromatic N) is 1. The summed E-state index contributed by atoms with van der Waals surface area (Å²) >= 11 is 4.93. The molecule has 0 aliphatic heterocycles. The fourth-order valence-electron chi connectivity index (χ4n) is 2.09. The molecule has 0 aliphatic carbocycles. The molecule has 0 saturated carbocycles. The second-order valence-corrected chi connectivity index (χ2v) is 5.16. The summed E-state index contributed by atoms with van der Waals surface area (Å²) in [4.78, 5) is 1.51. The van der Waals surface area contributed by atoms with E-state index in [2.05, 4.69) is 0 Å². The standard InChI is InChI=1S/C14H19F3N2OS/c1-3-6-19(9-14(15,16)17)8-10-4-5-12(20-2)11(7-10)13(18)21/h4-5,7H,3,6,8-9H2,1-2H3,(H2,18,21). The molecule has 3 nitrogen and oxygen atoms in total. The molecular weight excluding hydrogens is 301 g/mol. The Morgan fingerprint density at radius 2 is 2.05 bits per heavy atom. The zero-order chi connectivity index (χ0) is 16.0. The van der Waals surface area contributed by atoms with Crippen molar-refractivity contribution >= 4 is 17.2 Å². The number of hydrogen-bond donors (Lipinski definition) is 1. The Kier molecular flexibility index (Phi) is 6.42. The van der Waals surface area contributed by atoms with E-state index in [0.29, 0.717) is 24.3 Å². The van der Waals surface area contributed by atoms with Crippen LogP contribution in [0.2, 0.25) is 0 Å². The Bertz CT molecular complexity index is 492. The molecule has 0 heterocycles. The molecule has 1 aromatic rings. The van der Waals surface area contributed by atoms with Gasteiger partial charge in [-0.2, -0.15) is 13.2 Å². The van der Waals surface area contributed by atoms with Crippen molar-refractivity contribution in [2.24, 2.45) is 5.73 Å². The summed E-state index contributed by atoms with van der Waals surface area (Å²) in [5, 5.41) is 0. The Balaban J connectivity index is 2.93. The van der Waals surface area contributed by atoms with Crippen molar-refractivity contribution in [3.63, 3.8) is 0 Å².